The van der Waals surface area contributed by atoms with E-state index in [2.05, 4.69) is 56.4 Å². The van der Waals surface area contributed by atoms with Gasteiger partial charge in [-0.15, -0.1) is 0 Å². The number of carbonyl (C=O) groups is 1. The lowest BCUT2D eigenvalue weighted by atomic mass is 10.2. The third-order valence-corrected chi connectivity index (χ3v) is 7.74. The zero-order valence-electron chi connectivity index (χ0n) is 12.3. The van der Waals surface area contributed by atoms with Crippen LogP contribution in [0.1, 0.15) is 19.8 Å². The van der Waals surface area contributed by atoms with Crippen LogP contribution >= 0.6 is 0 Å². The van der Waals surface area contributed by atoms with Crippen molar-refractivity contribution >= 4 is 19.2 Å². The molecule has 104 valence electrons. The second kappa shape index (κ2) is 7.29. The summed E-state index contributed by atoms with van der Waals surface area (Å²) in [5.74, 6) is -0.123. The highest BCUT2D eigenvalue weighted by Crippen LogP contribution is 2.27. The minimum atomic E-state index is -1.71. The van der Waals surface area contributed by atoms with Crippen LogP contribution in [0, 0.1) is 0 Å². The summed E-state index contributed by atoms with van der Waals surface area (Å²) in [5, 5.41) is 1.38. The molecule has 0 saturated heterocycles. The van der Waals surface area contributed by atoms with Gasteiger partial charge in [0.05, 0.1) is 15.2 Å². The fraction of sp³-hybridized carbons (Fsp3) is 0.438. The summed E-state index contributed by atoms with van der Waals surface area (Å²) in [6.45, 7) is 6.74. The Morgan fingerprint density at radius 1 is 1.32 bits per heavy atom. The fourth-order valence-corrected chi connectivity index (χ4v) is 4.98. The molecular weight excluding hydrogens is 252 g/mol. The van der Waals surface area contributed by atoms with Gasteiger partial charge >= 0.3 is 5.97 Å². The normalized spacial score (nSPS) is 13.5. The summed E-state index contributed by atoms with van der Waals surface area (Å²) >= 11 is 0. The van der Waals surface area contributed by atoms with Gasteiger partial charge in [0.1, 0.15) is 0 Å². The molecule has 19 heavy (non-hydrogen) atoms. The molecule has 0 unspecified atom stereocenters. The van der Waals surface area contributed by atoms with Gasteiger partial charge in [0.15, 0.2) is 0 Å². The Balaban J connectivity index is 3.01. The number of methoxy groups -OCH3 is 1. The van der Waals surface area contributed by atoms with Crippen LogP contribution in [0.3, 0.4) is 0 Å². The first kappa shape index (κ1) is 15.7. The molecule has 1 atom stereocenters. The van der Waals surface area contributed by atoms with Crippen LogP contribution in [0.25, 0.3) is 0 Å². The second-order valence-corrected chi connectivity index (χ2v) is 10.1. The number of allylic oxidation sites excluding steroid dienone is 2. The van der Waals surface area contributed by atoms with Crippen LogP contribution in [-0.4, -0.2) is 21.2 Å². The predicted molar refractivity (Wildman–Crippen MR) is 83.4 cm³/mol. The van der Waals surface area contributed by atoms with Gasteiger partial charge in [-0.2, -0.15) is 0 Å². The third kappa shape index (κ3) is 4.35. The molecular formula is C16H24O2Si. The van der Waals surface area contributed by atoms with Crippen LogP contribution in [0.4, 0.5) is 0 Å². The van der Waals surface area contributed by atoms with E-state index in [0.29, 0.717) is 6.42 Å². The lowest BCUT2D eigenvalue weighted by molar-refractivity contribution is -0.140. The van der Waals surface area contributed by atoms with Crippen LogP contribution < -0.4 is 5.19 Å². The minimum Gasteiger partial charge on any atom is -0.469 e. The van der Waals surface area contributed by atoms with Crippen molar-refractivity contribution in [3.63, 3.8) is 0 Å². The molecule has 0 radical (unpaired) electrons. The topological polar surface area (TPSA) is 26.3 Å². The van der Waals surface area contributed by atoms with Crippen molar-refractivity contribution in [2.75, 3.05) is 7.11 Å². The standard InChI is InChI=1S/C16H24O2Si/c1-5-6-10-15(13-16(17)18-2)19(3,4)14-11-8-7-9-12-14/h6-12,15H,5,13H2,1-4H3/b10-6+/t15-/m0/s1. The number of esters is 1. The van der Waals surface area contributed by atoms with Gasteiger partial charge in [-0.05, 0) is 12.0 Å². The zero-order valence-corrected chi connectivity index (χ0v) is 13.3. The van der Waals surface area contributed by atoms with Crippen molar-refractivity contribution in [3.8, 4) is 0 Å². The summed E-state index contributed by atoms with van der Waals surface area (Å²) in [4.78, 5) is 11.6. The highest BCUT2D eigenvalue weighted by molar-refractivity contribution is 6.91. The van der Waals surface area contributed by atoms with Gasteiger partial charge in [-0.3, -0.25) is 4.79 Å². The van der Waals surface area contributed by atoms with Crippen molar-refractivity contribution in [2.45, 2.75) is 38.4 Å². The minimum absolute atomic E-state index is 0.123. The SMILES string of the molecule is CC/C=C/[C@@H](CC(=O)OC)[Si](C)(C)c1ccccc1. The third-order valence-electron chi connectivity index (χ3n) is 3.66. The van der Waals surface area contributed by atoms with Crippen molar-refractivity contribution in [2.24, 2.45) is 0 Å². The average Bonchev–Trinajstić information content (AvgIpc) is 2.43. The molecule has 1 aromatic carbocycles. The predicted octanol–water partition coefficient (Wildman–Crippen LogP) is 3.50. The van der Waals surface area contributed by atoms with E-state index in [-0.39, 0.29) is 11.5 Å². The van der Waals surface area contributed by atoms with Crippen molar-refractivity contribution in [3.05, 3.63) is 42.5 Å². The molecule has 0 spiro atoms. The average molecular weight is 276 g/mol. The highest BCUT2D eigenvalue weighted by Gasteiger charge is 2.33. The Labute approximate surface area is 117 Å². The summed E-state index contributed by atoms with van der Waals surface area (Å²) < 4.78 is 4.84. The summed E-state index contributed by atoms with van der Waals surface area (Å²) in [5.41, 5.74) is 0.280. The molecule has 2 nitrogen and oxygen atoms in total. The quantitative estimate of drug-likeness (QED) is 0.451. The molecule has 1 rings (SSSR count). The number of hydrogen-bond donors (Lipinski definition) is 0. The van der Waals surface area contributed by atoms with Crippen molar-refractivity contribution in [1.29, 1.82) is 0 Å². The monoisotopic (exact) mass is 276 g/mol. The molecule has 0 aromatic heterocycles. The van der Waals surface area contributed by atoms with E-state index >= 15 is 0 Å². The first-order valence-corrected chi connectivity index (χ1v) is 9.89. The molecule has 1 aromatic rings. The molecule has 0 aliphatic heterocycles. The summed E-state index contributed by atoms with van der Waals surface area (Å²) in [6.07, 6.45) is 5.83. The fourth-order valence-electron chi connectivity index (χ4n) is 2.21. The number of rotatable bonds is 6. The number of benzene rings is 1. The van der Waals surface area contributed by atoms with Crippen molar-refractivity contribution in [1.82, 2.24) is 0 Å². The van der Waals surface area contributed by atoms with Crippen LogP contribution in [0.15, 0.2) is 42.5 Å². The summed E-state index contributed by atoms with van der Waals surface area (Å²) in [7, 11) is -0.254. The van der Waals surface area contributed by atoms with Gasteiger partial charge in [0.2, 0.25) is 0 Å². The first-order chi connectivity index (χ1) is 9.02. The van der Waals surface area contributed by atoms with Gasteiger partial charge in [-0.1, -0.05) is 67.7 Å². The molecule has 0 aliphatic carbocycles. The number of hydrogen-bond acceptors (Lipinski definition) is 2. The van der Waals surface area contributed by atoms with Crippen LogP contribution in [0.5, 0.6) is 0 Å². The van der Waals surface area contributed by atoms with E-state index in [1.54, 1.807) is 0 Å². The maximum Gasteiger partial charge on any atom is 0.305 e. The largest absolute Gasteiger partial charge is 0.469 e. The van der Waals surface area contributed by atoms with Gasteiger partial charge < -0.3 is 4.74 Å². The maximum absolute atomic E-state index is 11.6. The molecule has 0 heterocycles. The molecule has 0 amide bonds. The molecule has 0 saturated carbocycles. The Kier molecular flexibility index (Phi) is 6.02. The lowest BCUT2D eigenvalue weighted by Gasteiger charge is -2.30. The highest BCUT2D eigenvalue weighted by atomic mass is 28.3. The van der Waals surface area contributed by atoms with Crippen LogP contribution in [-0.2, 0) is 9.53 Å². The lowest BCUT2D eigenvalue weighted by Crippen LogP contribution is -2.46. The van der Waals surface area contributed by atoms with E-state index in [9.17, 15) is 4.79 Å². The van der Waals surface area contributed by atoms with E-state index in [4.69, 9.17) is 4.74 Å². The zero-order chi connectivity index (χ0) is 14.3. The number of ether oxygens (including phenoxy) is 1. The molecule has 0 fully saturated rings. The molecule has 0 bridgehead atoms. The van der Waals surface area contributed by atoms with Gasteiger partial charge in [0.25, 0.3) is 0 Å². The Morgan fingerprint density at radius 2 is 1.95 bits per heavy atom. The Hall–Kier alpha value is -1.35. The van der Waals surface area contributed by atoms with Crippen molar-refractivity contribution < 1.29 is 9.53 Å². The molecule has 3 heteroatoms. The Morgan fingerprint density at radius 3 is 2.47 bits per heavy atom. The van der Waals surface area contributed by atoms with E-state index in [0.717, 1.165) is 6.42 Å². The summed E-state index contributed by atoms with van der Waals surface area (Å²) in [6, 6.07) is 10.5. The smallest absolute Gasteiger partial charge is 0.305 e. The number of carbonyl (C=O) groups excluding carboxylic acids is 1. The Bertz CT molecular complexity index is 424. The molecule has 0 aliphatic rings. The van der Waals surface area contributed by atoms with E-state index in [1.807, 2.05) is 6.07 Å². The van der Waals surface area contributed by atoms with Crippen LogP contribution in [0.2, 0.25) is 18.6 Å². The van der Waals surface area contributed by atoms with E-state index < -0.39 is 8.07 Å². The van der Waals surface area contributed by atoms with E-state index in [1.165, 1.54) is 12.3 Å². The first-order valence-electron chi connectivity index (χ1n) is 6.81. The van der Waals surface area contributed by atoms with Gasteiger partial charge in [0, 0.05) is 6.42 Å². The molecule has 0 N–H and O–H groups in total. The second-order valence-electron chi connectivity index (χ2n) is 5.31. The van der Waals surface area contributed by atoms with Gasteiger partial charge in [-0.25, -0.2) is 0 Å². The maximum atomic E-state index is 11.6.